The van der Waals surface area contributed by atoms with Crippen LogP contribution in [0.15, 0.2) is 29.8 Å². The number of hydrogen-bond donors (Lipinski definition) is 0. The highest BCUT2D eigenvalue weighted by Crippen LogP contribution is 2.58. The maximum Gasteiger partial charge on any atom is 0.163 e. The predicted molar refractivity (Wildman–Crippen MR) is 80.9 cm³/mol. The third-order valence-corrected chi connectivity index (χ3v) is 5.71. The van der Waals surface area contributed by atoms with Crippen molar-refractivity contribution in [1.29, 1.82) is 0 Å². The molecule has 0 aliphatic heterocycles. The van der Waals surface area contributed by atoms with Crippen LogP contribution in [-0.4, -0.2) is 5.78 Å². The van der Waals surface area contributed by atoms with Crippen LogP contribution >= 0.6 is 0 Å². The third kappa shape index (κ3) is 1.72. The Morgan fingerprint density at radius 2 is 2.15 bits per heavy atom. The molecular weight excluding hydrogens is 244 g/mol. The van der Waals surface area contributed by atoms with Crippen molar-refractivity contribution in [1.82, 2.24) is 0 Å². The van der Waals surface area contributed by atoms with Gasteiger partial charge in [0, 0.05) is 12.0 Å². The van der Waals surface area contributed by atoms with E-state index in [9.17, 15) is 4.79 Å². The van der Waals surface area contributed by atoms with Crippen molar-refractivity contribution >= 4 is 5.78 Å². The monoisotopic (exact) mass is 266 g/mol. The molecule has 1 heteroatoms. The fourth-order valence-corrected chi connectivity index (χ4v) is 4.75. The number of benzene rings is 1. The lowest BCUT2D eigenvalue weighted by Crippen LogP contribution is -2.36. The molecule has 0 heterocycles. The highest BCUT2D eigenvalue weighted by molar-refractivity contribution is 5.99. The van der Waals surface area contributed by atoms with E-state index in [-0.39, 0.29) is 5.41 Å². The van der Waals surface area contributed by atoms with Gasteiger partial charge >= 0.3 is 0 Å². The molecule has 1 aromatic rings. The van der Waals surface area contributed by atoms with Gasteiger partial charge in [-0.05, 0) is 60.6 Å². The van der Waals surface area contributed by atoms with Crippen molar-refractivity contribution in [3.63, 3.8) is 0 Å². The van der Waals surface area contributed by atoms with E-state index in [1.54, 1.807) is 5.57 Å². The molecule has 0 aromatic heterocycles. The minimum Gasteiger partial charge on any atom is -0.294 e. The molecule has 1 nitrogen and oxygen atoms in total. The number of fused-ring (bicyclic) bond motifs is 4. The van der Waals surface area contributed by atoms with E-state index >= 15 is 0 Å². The summed E-state index contributed by atoms with van der Waals surface area (Å²) in [7, 11) is 0. The highest BCUT2D eigenvalue weighted by Gasteiger charge is 2.50. The molecule has 0 radical (unpaired) electrons. The summed E-state index contributed by atoms with van der Waals surface area (Å²) >= 11 is 0. The number of carbonyl (C=O) groups excluding carboxylic acids is 1. The zero-order valence-electron chi connectivity index (χ0n) is 12.2. The zero-order chi connectivity index (χ0) is 13.7. The zero-order valence-corrected chi connectivity index (χ0v) is 12.2. The predicted octanol–water partition coefficient (Wildman–Crippen LogP) is 4.49. The Morgan fingerprint density at radius 1 is 1.25 bits per heavy atom. The Hall–Kier alpha value is -1.37. The molecule has 0 amide bonds. The molecule has 104 valence electrons. The quantitative estimate of drug-likeness (QED) is 0.721. The molecule has 20 heavy (non-hydrogen) atoms. The number of aryl methyl sites for hydroxylation is 1. The number of ketones is 1. The molecule has 3 aliphatic rings. The first-order chi connectivity index (χ1) is 9.70. The van der Waals surface area contributed by atoms with Gasteiger partial charge in [-0.1, -0.05) is 37.1 Å². The summed E-state index contributed by atoms with van der Waals surface area (Å²) in [5, 5.41) is 0. The SMILES string of the molecule is CCCc1ccc2c(c1)C(=O)CC1(CC3=CCC1C3)C2. The van der Waals surface area contributed by atoms with Crippen molar-refractivity contribution in [2.45, 2.75) is 51.9 Å². The number of hydrogen-bond acceptors (Lipinski definition) is 1. The van der Waals surface area contributed by atoms with E-state index in [1.807, 2.05) is 0 Å². The summed E-state index contributed by atoms with van der Waals surface area (Å²) in [6.07, 6.45) is 10.2. The van der Waals surface area contributed by atoms with Gasteiger partial charge in [0.1, 0.15) is 0 Å². The average Bonchev–Trinajstić information content (AvgIpc) is 3.00. The van der Waals surface area contributed by atoms with Crippen molar-refractivity contribution in [2.75, 3.05) is 0 Å². The van der Waals surface area contributed by atoms with Gasteiger partial charge in [-0.15, -0.1) is 0 Å². The van der Waals surface area contributed by atoms with Crippen LogP contribution in [0.2, 0.25) is 0 Å². The smallest absolute Gasteiger partial charge is 0.163 e. The highest BCUT2D eigenvalue weighted by atomic mass is 16.1. The van der Waals surface area contributed by atoms with Gasteiger partial charge in [-0.2, -0.15) is 0 Å². The summed E-state index contributed by atoms with van der Waals surface area (Å²) in [4.78, 5) is 12.7. The normalized spacial score (nSPS) is 30.8. The number of allylic oxidation sites excluding steroid dienone is 2. The number of carbonyl (C=O) groups is 1. The molecule has 2 atom stereocenters. The van der Waals surface area contributed by atoms with Gasteiger partial charge in [0.15, 0.2) is 5.78 Å². The summed E-state index contributed by atoms with van der Waals surface area (Å²) in [5.74, 6) is 1.14. The third-order valence-electron chi connectivity index (χ3n) is 5.71. The van der Waals surface area contributed by atoms with Crippen LogP contribution < -0.4 is 0 Å². The molecule has 1 saturated carbocycles. The van der Waals surface area contributed by atoms with Crippen molar-refractivity contribution in [3.05, 3.63) is 46.5 Å². The fraction of sp³-hybridized carbons (Fsp3) is 0.526. The van der Waals surface area contributed by atoms with Gasteiger partial charge in [-0.3, -0.25) is 4.79 Å². The molecule has 2 bridgehead atoms. The molecule has 0 saturated heterocycles. The van der Waals surface area contributed by atoms with E-state index < -0.39 is 0 Å². The van der Waals surface area contributed by atoms with E-state index in [0.717, 1.165) is 37.2 Å². The fourth-order valence-electron chi connectivity index (χ4n) is 4.75. The Morgan fingerprint density at radius 3 is 2.85 bits per heavy atom. The molecule has 1 aromatic carbocycles. The molecule has 1 spiro atoms. The Labute approximate surface area is 121 Å². The number of rotatable bonds is 2. The lowest BCUT2D eigenvalue weighted by atomic mass is 9.63. The summed E-state index contributed by atoms with van der Waals surface area (Å²) < 4.78 is 0. The van der Waals surface area contributed by atoms with Gasteiger partial charge < -0.3 is 0 Å². The Kier molecular flexibility index (Phi) is 2.67. The summed E-state index contributed by atoms with van der Waals surface area (Å²) in [6, 6.07) is 6.64. The standard InChI is InChI=1S/C19H22O/c1-2-3-13-4-6-15-11-19(12-18(20)17(15)9-13)10-14-5-7-16(19)8-14/h4-6,9,16H,2-3,7-8,10-12H2,1H3. The molecule has 3 aliphatic carbocycles. The molecule has 2 unspecified atom stereocenters. The average molecular weight is 266 g/mol. The minimum atomic E-state index is 0.278. The largest absolute Gasteiger partial charge is 0.294 e. The second-order valence-corrected chi connectivity index (χ2v) is 7.06. The van der Waals surface area contributed by atoms with E-state index in [0.29, 0.717) is 5.78 Å². The first kappa shape index (κ1) is 12.4. The topological polar surface area (TPSA) is 17.1 Å². The lowest BCUT2D eigenvalue weighted by molar-refractivity contribution is 0.0823. The van der Waals surface area contributed by atoms with Crippen LogP contribution in [-0.2, 0) is 12.8 Å². The van der Waals surface area contributed by atoms with Crippen molar-refractivity contribution in [2.24, 2.45) is 11.3 Å². The Bertz CT molecular complexity index is 610. The molecule has 1 fully saturated rings. The first-order valence-electron chi connectivity index (χ1n) is 8.03. The van der Waals surface area contributed by atoms with Gasteiger partial charge in [0.05, 0.1) is 0 Å². The van der Waals surface area contributed by atoms with Crippen LogP contribution in [0, 0.1) is 11.3 Å². The second-order valence-electron chi connectivity index (χ2n) is 7.06. The van der Waals surface area contributed by atoms with Crippen LogP contribution in [0.3, 0.4) is 0 Å². The summed E-state index contributed by atoms with van der Waals surface area (Å²) in [6.45, 7) is 2.19. The Balaban J connectivity index is 1.70. The maximum absolute atomic E-state index is 12.7. The van der Waals surface area contributed by atoms with Crippen LogP contribution in [0.1, 0.15) is 60.5 Å². The molecule has 4 rings (SSSR count). The lowest BCUT2D eigenvalue weighted by Gasteiger charge is -2.39. The first-order valence-corrected chi connectivity index (χ1v) is 8.03. The van der Waals surface area contributed by atoms with Gasteiger partial charge in [0.2, 0.25) is 0 Å². The minimum absolute atomic E-state index is 0.278. The van der Waals surface area contributed by atoms with E-state index in [1.165, 1.54) is 30.4 Å². The second kappa shape index (κ2) is 4.31. The molecular formula is C19H22O. The van der Waals surface area contributed by atoms with E-state index in [4.69, 9.17) is 0 Å². The molecule has 0 N–H and O–H groups in total. The number of Topliss-reactive ketones (excluding diaryl/α,β-unsaturated/α-hetero) is 1. The van der Waals surface area contributed by atoms with Gasteiger partial charge in [-0.25, -0.2) is 0 Å². The van der Waals surface area contributed by atoms with Crippen molar-refractivity contribution < 1.29 is 4.79 Å². The van der Waals surface area contributed by atoms with E-state index in [2.05, 4.69) is 31.2 Å². The maximum atomic E-state index is 12.7. The van der Waals surface area contributed by atoms with Crippen LogP contribution in [0.4, 0.5) is 0 Å². The summed E-state index contributed by atoms with van der Waals surface area (Å²) in [5.41, 5.74) is 5.56. The van der Waals surface area contributed by atoms with Gasteiger partial charge in [0.25, 0.3) is 0 Å². The van der Waals surface area contributed by atoms with Crippen LogP contribution in [0.25, 0.3) is 0 Å². The van der Waals surface area contributed by atoms with Crippen LogP contribution in [0.5, 0.6) is 0 Å². The van der Waals surface area contributed by atoms with Crippen molar-refractivity contribution in [3.8, 4) is 0 Å².